The molecule has 104 valence electrons. The second-order valence-electron chi connectivity index (χ2n) is 6.56. The maximum Gasteiger partial charge on any atom is 0.306 e. The minimum absolute atomic E-state index is 0.0484. The van der Waals surface area contributed by atoms with Crippen LogP contribution in [0.1, 0.15) is 53.4 Å². The summed E-state index contributed by atoms with van der Waals surface area (Å²) in [4.78, 5) is 24.9. The summed E-state index contributed by atoms with van der Waals surface area (Å²) < 4.78 is 0. The standard InChI is InChI=1S/C14H25NO3/c1-10-9-11(13(17)18)6-8-15(10)12(16)5-7-14(2,3)4/h10-11H,5-9H2,1-4H3,(H,17,18). The van der Waals surface area contributed by atoms with Crippen molar-refractivity contribution in [1.82, 2.24) is 4.90 Å². The number of carboxylic acid groups (broad SMARTS) is 1. The number of hydrogen-bond acceptors (Lipinski definition) is 2. The highest BCUT2D eigenvalue weighted by atomic mass is 16.4. The van der Waals surface area contributed by atoms with E-state index in [0.29, 0.717) is 25.8 Å². The van der Waals surface area contributed by atoms with Gasteiger partial charge in [-0.15, -0.1) is 0 Å². The van der Waals surface area contributed by atoms with Gasteiger partial charge in [-0.2, -0.15) is 0 Å². The molecule has 1 heterocycles. The third-order valence-electron chi connectivity index (χ3n) is 3.63. The van der Waals surface area contributed by atoms with Gasteiger partial charge in [0.15, 0.2) is 0 Å². The number of amides is 1. The SMILES string of the molecule is CC1CC(C(=O)O)CCN1C(=O)CCC(C)(C)C. The van der Waals surface area contributed by atoms with Gasteiger partial charge in [-0.05, 0) is 31.6 Å². The van der Waals surface area contributed by atoms with Crippen LogP contribution in [0, 0.1) is 11.3 Å². The van der Waals surface area contributed by atoms with Crippen LogP contribution >= 0.6 is 0 Å². The first kappa shape index (κ1) is 15.0. The Bertz CT molecular complexity index is 319. The summed E-state index contributed by atoms with van der Waals surface area (Å²) in [7, 11) is 0. The van der Waals surface area contributed by atoms with E-state index in [9.17, 15) is 9.59 Å². The molecule has 4 heteroatoms. The van der Waals surface area contributed by atoms with Crippen molar-refractivity contribution in [2.24, 2.45) is 11.3 Å². The van der Waals surface area contributed by atoms with Gasteiger partial charge in [0.1, 0.15) is 0 Å². The van der Waals surface area contributed by atoms with Gasteiger partial charge >= 0.3 is 5.97 Å². The molecule has 1 amide bonds. The fourth-order valence-electron chi connectivity index (χ4n) is 2.39. The normalized spacial score (nSPS) is 25.0. The van der Waals surface area contributed by atoms with Crippen LogP contribution in [0.2, 0.25) is 0 Å². The molecule has 0 aromatic heterocycles. The van der Waals surface area contributed by atoms with Gasteiger partial charge < -0.3 is 10.0 Å². The molecule has 4 nitrogen and oxygen atoms in total. The van der Waals surface area contributed by atoms with E-state index in [4.69, 9.17) is 5.11 Å². The van der Waals surface area contributed by atoms with Crippen LogP contribution in [0.5, 0.6) is 0 Å². The predicted octanol–water partition coefficient (Wildman–Crippen LogP) is 2.52. The molecule has 2 unspecified atom stereocenters. The van der Waals surface area contributed by atoms with E-state index < -0.39 is 5.97 Å². The van der Waals surface area contributed by atoms with Crippen molar-refractivity contribution in [3.63, 3.8) is 0 Å². The average molecular weight is 255 g/mol. The van der Waals surface area contributed by atoms with Crippen LogP contribution in [0.4, 0.5) is 0 Å². The van der Waals surface area contributed by atoms with Crippen molar-refractivity contribution < 1.29 is 14.7 Å². The third-order valence-corrected chi connectivity index (χ3v) is 3.63. The van der Waals surface area contributed by atoms with Crippen LogP contribution in [0.3, 0.4) is 0 Å². The highest BCUT2D eigenvalue weighted by Gasteiger charge is 2.32. The Balaban J connectivity index is 2.48. The van der Waals surface area contributed by atoms with Crippen molar-refractivity contribution in [3.8, 4) is 0 Å². The smallest absolute Gasteiger partial charge is 0.306 e. The monoisotopic (exact) mass is 255 g/mol. The van der Waals surface area contributed by atoms with E-state index in [0.717, 1.165) is 6.42 Å². The van der Waals surface area contributed by atoms with Crippen LogP contribution in [-0.2, 0) is 9.59 Å². The largest absolute Gasteiger partial charge is 0.481 e. The lowest BCUT2D eigenvalue weighted by molar-refractivity contribution is -0.147. The number of carboxylic acids is 1. The van der Waals surface area contributed by atoms with Crippen molar-refractivity contribution in [2.45, 2.75) is 59.4 Å². The topological polar surface area (TPSA) is 57.6 Å². The Hall–Kier alpha value is -1.06. The second kappa shape index (κ2) is 5.72. The van der Waals surface area contributed by atoms with Gasteiger partial charge in [0.25, 0.3) is 0 Å². The molecule has 0 bridgehead atoms. The quantitative estimate of drug-likeness (QED) is 0.843. The molecule has 1 fully saturated rings. The number of piperidine rings is 1. The van der Waals surface area contributed by atoms with Gasteiger partial charge in [-0.1, -0.05) is 20.8 Å². The first-order valence-electron chi connectivity index (χ1n) is 6.73. The average Bonchev–Trinajstić information content (AvgIpc) is 2.24. The predicted molar refractivity (Wildman–Crippen MR) is 70.2 cm³/mol. The number of hydrogen-bond donors (Lipinski definition) is 1. The van der Waals surface area contributed by atoms with E-state index in [2.05, 4.69) is 20.8 Å². The summed E-state index contributed by atoms with van der Waals surface area (Å²) in [6, 6.07) is 0.0484. The zero-order valence-electron chi connectivity index (χ0n) is 11.9. The number of likely N-dealkylation sites (tertiary alicyclic amines) is 1. The molecule has 0 aliphatic carbocycles. The Morgan fingerprint density at radius 3 is 2.39 bits per heavy atom. The lowest BCUT2D eigenvalue weighted by Gasteiger charge is -2.36. The van der Waals surface area contributed by atoms with Crippen LogP contribution in [-0.4, -0.2) is 34.5 Å². The van der Waals surface area contributed by atoms with Crippen molar-refractivity contribution >= 4 is 11.9 Å². The lowest BCUT2D eigenvalue weighted by atomic mass is 9.88. The molecule has 18 heavy (non-hydrogen) atoms. The van der Waals surface area contributed by atoms with Gasteiger partial charge in [0.2, 0.25) is 5.91 Å². The Labute approximate surface area is 109 Å². The Morgan fingerprint density at radius 1 is 1.33 bits per heavy atom. The Kier molecular flexibility index (Phi) is 4.77. The summed E-state index contributed by atoms with van der Waals surface area (Å²) >= 11 is 0. The van der Waals surface area contributed by atoms with Crippen LogP contribution in [0.25, 0.3) is 0 Å². The van der Waals surface area contributed by atoms with Gasteiger partial charge in [0, 0.05) is 19.0 Å². The summed E-state index contributed by atoms with van der Waals surface area (Å²) in [6.45, 7) is 8.91. The fraction of sp³-hybridized carbons (Fsp3) is 0.857. The highest BCUT2D eigenvalue weighted by Crippen LogP contribution is 2.26. The summed E-state index contributed by atoms with van der Waals surface area (Å²) in [5.41, 5.74) is 0.165. The molecule has 0 spiro atoms. The third kappa shape index (κ3) is 4.31. The zero-order chi connectivity index (χ0) is 13.9. The van der Waals surface area contributed by atoms with E-state index in [1.807, 2.05) is 11.8 Å². The van der Waals surface area contributed by atoms with Gasteiger partial charge in [0.05, 0.1) is 5.92 Å². The zero-order valence-corrected chi connectivity index (χ0v) is 11.9. The van der Waals surface area contributed by atoms with Gasteiger partial charge in [-0.3, -0.25) is 9.59 Å². The molecule has 1 rings (SSSR count). The van der Waals surface area contributed by atoms with Crippen molar-refractivity contribution in [2.75, 3.05) is 6.54 Å². The molecular weight excluding hydrogens is 230 g/mol. The summed E-state index contributed by atoms with van der Waals surface area (Å²) in [6.07, 6.45) is 2.60. The second-order valence-corrected chi connectivity index (χ2v) is 6.56. The molecule has 1 aliphatic heterocycles. The fourth-order valence-corrected chi connectivity index (χ4v) is 2.39. The summed E-state index contributed by atoms with van der Waals surface area (Å²) in [5.74, 6) is -0.850. The molecule has 0 aromatic carbocycles. The number of nitrogens with zero attached hydrogens (tertiary/aromatic N) is 1. The van der Waals surface area contributed by atoms with E-state index >= 15 is 0 Å². The molecular formula is C14H25NO3. The number of carbonyl (C=O) groups excluding carboxylic acids is 1. The minimum Gasteiger partial charge on any atom is -0.481 e. The summed E-state index contributed by atoms with van der Waals surface area (Å²) in [5, 5.41) is 8.99. The van der Waals surface area contributed by atoms with Crippen molar-refractivity contribution in [3.05, 3.63) is 0 Å². The number of aliphatic carboxylic acids is 1. The van der Waals surface area contributed by atoms with Crippen LogP contribution in [0.15, 0.2) is 0 Å². The number of carbonyl (C=O) groups is 2. The Morgan fingerprint density at radius 2 is 1.94 bits per heavy atom. The van der Waals surface area contributed by atoms with E-state index in [1.165, 1.54) is 0 Å². The van der Waals surface area contributed by atoms with Gasteiger partial charge in [-0.25, -0.2) is 0 Å². The van der Waals surface area contributed by atoms with E-state index in [1.54, 1.807) is 0 Å². The molecule has 0 aromatic rings. The molecule has 1 N–H and O–H groups in total. The minimum atomic E-state index is -0.733. The molecule has 1 saturated heterocycles. The molecule has 0 saturated carbocycles. The van der Waals surface area contributed by atoms with Crippen LogP contribution < -0.4 is 0 Å². The molecule has 2 atom stereocenters. The maximum atomic E-state index is 12.1. The maximum absolute atomic E-state index is 12.1. The molecule has 1 aliphatic rings. The number of rotatable bonds is 3. The molecule has 0 radical (unpaired) electrons. The first-order chi connectivity index (χ1) is 8.20. The van der Waals surface area contributed by atoms with E-state index in [-0.39, 0.29) is 23.3 Å². The lowest BCUT2D eigenvalue weighted by Crippen LogP contribution is -2.46. The highest BCUT2D eigenvalue weighted by molar-refractivity contribution is 5.77. The first-order valence-corrected chi connectivity index (χ1v) is 6.73. The van der Waals surface area contributed by atoms with Crippen molar-refractivity contribution in [1.29, 1.82) is 0 Å².